The minimum atomic E-state index is -0.341. The molecule has 26 heavy (non-hydrogen) atoms. The lowest BCUT2D eigenvalue weighted by Crippen LogP contribution is -2.41. The van der Waals surface area contributed by atoms with Crippen LogP contribution in [0.2, 0.25) is 0 Å². The molecule has 1 atom stereocenters. The van der Waals surface area contributed by atoms with Gasteiger partial charge in [0.15, 0.2) is 0 Å². The topological polar surface area (TPSA) is 69.0 Å². The summed E-state index contributed by atoms with van der Waals surface area (Å²) in [7, 11) is 0. The summed E-state index contributed by atoms with van der Waals surface area (Å²) in [5.41, 5.74) is 1.98. The van der Waals surface area contributed by atoms with Gasteiger partial charge in [-0.15, -0.1) is 0 Å². The van der Waals surface area contributed by atoms with Crippen molar-refractivity contribution >= 4 is 5.91 Å². The number of carbonyl (C=O) groups is 1. The predicted molar refractivity (Wildman–Crippen MR) is 97.3 cm³/mol. The van der Waals surface area contributed by atoms with E-state index in [1.165, 1.54) is 0 Å². The molecule has 0 unspecified atom stereocenters. The fraction of sp³-hybridized carbons (Fsp3) is 0.250. The quantitative estimate of drug-likeness (QED) is 0.788. The maximum Gasteiger partial charge on any atom is 0.254 e. The van der Waals surface area contributed by atoms with Gasteiger partial charge in [-0.1, -0.05) is 18.2 Å². The van der Waals surface area contributed by atoms with Crippen molar-refractivity contribution < 1.29 is 9.53 Å². The molecular formula is C20H20N4O2. The van der Waals surface area contributed by atoms with Crippen LogP contribution in [0.3, 0.4) is 0 Å². The van der Waals surface area contributed by atoms with Gasteiger partial charge in [-0.05, 0) is 32.0 Å². The van der Waals surface area contributed by atoms with Crippen LogP contribution in [0.15, 0.2) is 61.2 Å². The Morgan fingerprint density at radius 1 is 1.23 bits per heavy atom. The standard InChI is InChI=1S/C20H20N4O2/c1-20(2)10-17(16-7-3-4-8-18(16)26-20)23-19(25)14-11-22-24(13-14)15-6-5-9-21-12-15/h3-9,11-13,17H,10H2,1-2H3,(H,23,25)/t17-/m0/s1. The van der Waals surface area contributed by atoms with E-state index in [0.717, 1.165) is 17.0 Å². The third-order valence-electron chi connectivity index (χ3n) is 4.44. The second kappa shape index (κ2) is 6.29. The van der Waals surface area contributed by atoms with E-state index in [4.69, 9.17) is 4.74 Å². The van der Waals surface area contributed by atoms with Crippen LogP contribution in [0.25, 0.3) is 5.69 Å². The zero-order valence-electron chi connectivity index (χ0n) is 14.7. The summed E-state index contributed by atoms with van der Waals surface area (Å²) in [4.78, 5) is 16.8. The minimum absolute atomic E-state index is 0.107. The van der Waals surface area contributed by atoms with Crippen molar-refractivity contribution in [2.45, 2.75) is 31.9 Å². The van der Waals surface area contributed by atoms with Gasteiger partial charge in [-0.3, -0.25) is 9.78 Å². The van der Waals surface area contributed by atoms with Crippen molar-refractivity contribution in [1.29, 1.82) is 0 Å². The first-order valence-corrected chi connectivity index (χ1v) is 8.56. The molecule has 6 nitrogen and oxygen atoms in total. The number of nitrogens with one attached hydrogen (secondary N) is 1. The highest BCUT2D eigenvalue weighted by Gasteiger charge is 2.34. The molecule has 1 aromatic carbocycles. The van der Waals surface area contributed by atoms with Gasteiger partial charge in [0.2, 0.25) is 0 Å². The Morgan fingerprint density at radius 3 is 2.88 bits per heavy atom. The molecule has 1 aliphatic rings. The Bertz CT molecular complexity index is 934. The van der Waals surface area contributed by atoms with E-state index in [2.05, 4.69) is 15.4 Å². The van der Waals surface area contributed by atoms with Gasteiger partial charge in [-0.25, -0.2) is 4.68 Å². The molecule has 4 rings (SSSR count). The number of para-hydroxylation sites is 1. The third kappa shape index (κ3) is 3.18. The number of hydrogen-bond acceptors (Lipinski definition) is 4. The highest BCUT2D eigenvalue weighted by molar-refractivity contribution is 5.94. The number of nitrogens with zero attached hydrogens (tertiary/aromatic N) is 3. The number of aromatic nitrogens is 3. The molecule has 0 radical (unpaired) electrons. The van der Waals surface area contributed by atoms with Crippen molar-refractivity contribution in [3.8, 4) is 11.4 Å². The molecule has 2 aromatic heterocycles. The molecule has 3 aromatic rings. The van der Waals surface area contributed by atoms with Crippen LogP contribution in [-0.2, 0) is 0 Å². The lowest BCUT2D eigenvalue weighted by atomic mass is 9.89. The summed E-state index contributed by atoms with van der Waals surface area (Å²) in [6.45, 7) is 4.06. The summed E-state index contributed by atoms with van der Waals surface area (Å²) >= 11 is 0. The maximum absolute atomic E-state index is 12.8. The average Bonchev–Trinajstić information content (AvgIpc) is 3.12. The lowest BCUT2D eigenvalue weighted by Gasteiger charge is -2.37. The molecule has 0 bridgehead atoms. The van der Waals surface area contributed by atoms with Crippen LogP contribution in [0, 0.1) is 0 Å². The van der Waals surface area contributed by atoms with Gasteiger partial charge in [-0.2, -0.15) is 5.10 Å². The fourth-order valence-electron chi connectivity index (χ4n) is 3.24. The number of hydrogen-bond donors (Lipinski definition) is 1. The molecule has 6 heteroatoms. The summed E-state index contributed by atoms with van der Waals surface area (Å²) in [5, 5.41) is 7.39. The number of amides is 1. The summed E-state index contributed by atoms with van der Waals surface area (Å²) < 4.78 is 7.67. The van der Waals surface area contributed by atoms with E-state index in [0.29, 0.717) is 12.0 Å². The fourth-order valence-corrected chi connectivity index (χ4v) is 3.24. The number of fused-ring (bicyclic) bond motifs is 1. The highest BCUT2D eigenvalue weighted by atomic mass is 16.5. The molecule has 0 fully saturated rings. The first-order chi connectivity index (χ1) is 12.5. The van der Waals surface area contributed by atoms with E-state index in [9.17, 15) is 4.79 Å². The second-order valence-electron chi connectivity index (χ2n) is 7.01. The van der Waals surface area contributed by atoms with Gasteiger partial charge < -0.3 is 10.1 Å². The van der Waals surface area contributed by atoms with Crippen molar-refractivity contribution in [3.05, 3.63) is 72.3 Å². The van der Waals surface area contributed by atoms with E-state index in [1.807, 2.05) is 50.2 Å². The molecule has 0 spiro atoms. The maximum atomic E-state index is 12.8. The van der Waals surface area contributed by atoms with Crippen molar-refractivity contribution in [2.75, 3.05) is 0 Å². The van der Waals surface area contributed by atoms with Crippen LogP contribution >= 0.6 is 0 Å². The zero-order valence-corrected chi connectivity index (χ0v) is 14.7. The van der Waals surface area contributed by atoms with Crippen molar-refractivity contribution in [3.63, 3.8) is 0 Å². The number of carbonyl (C=O) groups excluding carboxylic acids is 1. The van der Waals surface area contributed by atoms with Gasteiger partial charge in [0, 0.05) is 24.4 Å². The van der Waals surface area contributed by atoms with E-state index in [-0.39, 0.29) is 17.6 Å². The highest BCUT2D eigenvalue weighted by Crippen LogP contribution is 2.39. The first-order valence-electron chi connectivity index (χ1n) is 8.56. The van der Waals surface area contributed by atoms with Gasteiger partial charge in [0.25, 0.3) is 5.91 Å². The SMILES string of the molecule is CC1(C)C[C@H](NC(=O)c2cnn(-c3cccnc3)c2)c2ccccc2O1. The van der Waals surface area contributed by atoms with E-state index in [1.54, 1.807) is 29.5 Å². The predicted octanol–water partition coefficient (Wildman–Crippen LogP) is 3.30. The molecular weight excluding hydrogens is 328 g/mol. The molecule has 0 saturated carbocycles. The molecule has 132 valence electrons. The number of benzene rings is 1. The Labute approximate surface area is 151 Å². The normalized spacial score (nSPS) is 17.8. The van der Waals surface area contributed by atoms with Gasteiger partial charge >= 0.3 is 0 Å². The van der Waals surface area contributed by atoms with Crippen LogP contribution in [0.4, 0.5) is 0 Å². The Hall–Kier alpha value is -3.15. The number of pyridine rings is 1. The third-order valence-corrected chi connectivity index (χ3v) is 4.44. The summed E-state index contributed by atoms with van der Waals surface area (Å²) in [5.74, 6) is 0.665. The monoisotopic (exact) mass is 348 g/mol. The molecule has 0 aliphatic carbocycles. The van der Waals surface area contributed by atoms with Gasteiger partial charge in [0.05, 0.1) is 29.7 Å². The first kappa shape index (κ1) is 16.3. The van der Waals surface area contributed by atoms with Gasteiger partial charge in [0.1, 0.15) is 11.4 Å². The minimum Gasteiger partial charge on any atom is -0.487 e. The average molecular weight is 348 g/mol. The molecule has 1 aliphatic heterocycles. The molecule has 0 saturated heterocycles. The molecule has 1 amide bonds. The van der Waals surface area contributed by atoms with Crippen LogP contribution in [0.5, 0.6) is 5.75 Å². The summed E-state index contributed by atoms with van der Waals surface area (Å²) in [6.07, 6.45) is 7.38. The Balaban J connectivity index is 1.56. The van der Waals surface area contributed by atoms with E-state index >= 15 is 0 Å². The lowest BCUT2D eigenvalue weighted by molar-refractivity contribution is 0.0620. The molecule has 1 N–H and O–H groups in total. The largest absolute Gasteiger partial charge is 0.487 e. The number of rotatable bonds is 3. The van der Waals surface area contributed by atoms with Crippen LogP contribution in [0.1, 0.15) is 42.2 Å². The van der Waals surface area contributed by atoms with Crippen molar-refractivity contribution in [1.82, 2.24) is 20.1 Å². The van der Waals surface area contributed by atoms with Crippen molar-refractivity contribution in [2.24, 2.45) is 0 Å². The van der Waals surface area contributed by atoms with E-state index < -0.39 is 0 Å². The molecule has 3 heterocycles. The zero-order chi connectivity index (χ0) is 18.1. The van der Waals surface area contributed by atoms with Crippen LogP contribution < -0.4 is 10.1 Å². The Morgan fingerprint density at radius 2 is 2.08 bits per heavy atom. The smallest absolute Gasteiger partial charge is 0.254 e. The second-order valence-corrected chi connectivity index (χ2v) is 7.01. The summed E-state index contributed by atoms with van der Waals surface area (Å²) in [6, 6.07) is 11.4. The Kier molecular flexibility index (Phi) is 3.95. The number of ether oxygens (including phenoxy) is 1. The van der Waals surface area contributed by atoms with Crippen LogP contribution in [-0.4, -0.2) is 26.3 Å².